The standard InChI is InChI=1S/C15H20N2O4/c18-10-13-3-1-2-8-17(13)15(21)16-12-6-4-11(5-7-12)9-14(19)20/h4-7,13,18H,1-3,8-10H2,(H,16,21)(H,19,20). The average Bonchev–Trinajstić information content (AvgIpc) is 2.48. The Hall–Kier alpha value is -2.08. The quantitative estimate of drug-likeness (QED) is 0.787. The van der Waals surface area contributed by atoms with E-state index in [9.17, 15) is 14.7 Å². The Morgan fingerprint density at radius 2 is 1.95 bits per heavy atom. The van der Waals surface area contributed by atoms with Crippen LogP contribution in [0.2, 0.25) is 0 Å². The number of nitrogens with zero attached hydrogens (tertiary/aromatic N) is 1. The van der Waals surface area contributed by atoms with Gasteiger partial charge in [-0.15, -0.1) is 0 Å². The number of urea groups is 1. The zero-order chi connectivity index (χ0) is 15.2. The molecule has 2 amide bonds. The summed E-state index contributed by atoms with van der Waals surface area (Å²) in [6.45, 7) is 0.624. The second-order valence-corrected chi connectivity index (χ2v) is 5.22. The summed E-state index contributed by atoms with van der Waals surface area (Å²) in [4.78, 5) is 24.5. The first-order chi connectivity index (χ1) is 10.1. The number of hydrogen-bond donors (Lipinski definition) is 3. The molecule has 0 aliphatic carbocycles. The molecule has 0 saturated carbocycles. The van der Waals surface area contributed by atoms with Crippen molar-refractivity contribution in [3.63, 3.8) is 0 Å². The minimum atomic E-state index is -0.883. The minimum Gasteiger partial charge on any atom is -0.481 e. The largest absolute Gasteiger partial charge is 0.481 e. The fraction of sp³-hybridized carbons (Fsp3) is 0.467. The van der Waals surface area contributed by atoms with Crippen molar-refractivity contribution in [3.8, 4) is 0 Å². The van der Waals surface area contributed by atoms with E-state index in [4.69, 9.17) is 5.11 Å². The third-order valence-corrected chi connectivity index (χ3v) is 3.66. The summed E-state index contributed by atoms with van der Waals surface area (Å²) in [5, 5.41) is 20.8. The van der Waals surface area contributed by atoms with Gasteiger partial charge in [0.15, 0.2) is 0 Å². The Bertz CT molecular complexity index is 501. The normalized spacial score (nSPS) is 18.3. The number of piperidine rings is 1. The van der Waals surface area contributed by atoms with Crippen molar-refractivity contribution >= 4 is 17.7 Å². The predicted octanol–water partition coefficient (Wildman–Crippen LogP) is 1.69. The van der Waals surface area contributed by atoms with Crippen LogP contribution in [0.15, 0.2) is 24.3 Å². The topological polar surface area (TPSA) is 89.9 Å². The van der Waals surface area contributed by atoms with Crippen molar-refractivity contribution < 1.29 is 19.8 Å². The highest BCUT2D eigenvalue weighted by Gasteiger charge is 2.25. The molecule has 1 aromatic carbocycles. The first-order valence-corrected chi connectivity index (χ1v) is 7.09. The molecule has 0 radical (unpaired) electrons. The van der Waals surface area contributed by atoms with E-state index in [-0.39, 0.29) is 25.1 Å². The second kappa shape index (κ2) is 7.08. The summed E-state index contributed by atoms with van der Waals surface area (Å²) >= 11 is 0. The molecule has 6 nitrogen and oxygen atoms in total. The average molecular weight is 292 g/mol. The van der Waals surface area contributed by atoms with Gasteiger partial charge in [0.05, 0.1) is 19.1 Å². The van der Waals surface area contributed by atoms with Gasteiger partial charge in [0, 0.05) is 12.2 Å². The molecular weight excluding hydrogens is 272 g/mol. The van der Waals surface area contributed by atoms with E-state index in [1.165, 1.54) is 0 Å². The van der Waals surface area contributed by atoms with Crippen LogP contribution in [0.4, 0.5) is 10.5 Å². The summed E-state index contributed by atoms with van der Waals surface area (Å²) in [5.74, 6) is -0.883. The van der Waals surface area contributed by atoms with E-state index in [0.29, 0.717) is 17.8 Å². The van der Waals surface area contributed by atoms with Crippen molar-refractivity contribution in [1.82, 2.24) is 4.90 Å². The Balaban J connectivity index is 1.96. The number of carbonyl (C=O) groups is 2. The lowest BCUT2D eigenvalue weighted by Crippen LogP contribution is -2.47. The van der Waals surface area contributed by atoms with Crippen molar-refractivity contribution in [2.75, 3.05) is 18.5 Å². The van der Waals surface area contributed by atoms with Gasteiger partial charge in [0.2, 0.25) is 0 Å². The van der Waals surface area contributed by atoms with Crippen molar-refractivity contribution in [2.45, 2.75) is 31.7 Å². The van der Waals surface area contributed by atoms with Crippen LogP contribution in [-0.2, 0) is 11.2 Å². The van der Waals surface area contributed by atoms with Crippen LogP contribution >= 0.6 is 0 Å². The highest BCUT2D eigenvalue weighted by molar-refractivity contribution is 5.89. The predicted molar refractivity (Wildman–Crippen MR) is 78.2 cm³/mol. The molecule has 0 aromatic heterocycles. The van der Waals surface area contributed by atoms with Gasteiger partial charge in [0.1, 0.15) is 0 Å². The lowest BCUT2D eigenvalue weighted by atomic mass is 10.0. The lowest BCUT2D eigenvalue weighted by molar-refractivity contribution is -0.136. The number of aliphatic hydroxyl groups is 1. The number of benzene rings is 1. The SMILES string of the molecule is O=C(O)Cc1ccc(NC(=O)N2CCCCC2CO)cc1. The van der Waals surface area contributed by atoms with Crippen LogP contribution < -0.4 is 5.32 Å². The monoisotopic (exact) mass is 292 g/mol. The third kappa shape index (κ3) is 4.19. The number of hydrogen-bond acceptors (Lipinski definition) is 3. The van der Waals surface area contributed by atoms with Gasteiger partial charge in [-0.3, -0.25) is 4.79 Å². The summed E-state index contributed by atoms with van der Waals surface area (Å²) in [7, 11) is 0. The summed E-state index contributed by atoms with van der Waals surface area (Å²) in [6, 6.07) is 6.40. The Morgan fingerprint density at radius 3 is 2.57 bits per heavy atom. The van der Waals surface area contributed by atoms with E-state index in [2.05, 4.69) is 5.32 Å². The first-order valence-electron chi connectivity index (χ1n) is 7.09. The summed E-state index contributed by atoms with van der Waals surface area (Å²) < 4.78 is 0. The second-order valence-electron chi connectivity index (χ2n) is 5.22. The molecular formula is C15H20N2O4. The van der Waals surface area contributed by atoms with Crippen LogP contribution in [0.3, 0.4) is 0 Å². The number of carboxylic acids is 1. The Kier molecular flexibility index (Phi) is 5.16. The minimum absolute atomic E-state index is 0.0228. The molecule has 1 atom stereocenters. The maximum atomic E-state index is 12.2. The smallest absolute Gasteiger partial charge is 0.322 e. The number of carbonyl (C=O) groups excluding carboxylic acids is 1. The van der Waals surface area contributed by atoms with E-state index in [1.54, 1.807) is 29.2 Å². The number of likely N-dealkylation sites (tertiary alicyclic amines) is 1. The van der Waals surface area contributed by atoms with Gasteiger partial charge in [-0.1, -0.05) is 12.1 Å². The van der Waals surface area contributed by atoms with Crippen LogP contribution in [-0.4, -0.2) is 46.3 Å². The zero-order valence-corrected chi connectivity index (χ0v) is 11.8. The molecule has 3 N–H and O–H groups in total. The van der Waals surface area contributed by atoms with E-state index in [0.717, 1.165) is 19.3 Å². The van der Waals surface area contributed by atoms with Gasteiger partial charge >= 0.3 is 12.0 Å². The van der Waals surface area contributed by atoms with Gasteiger partial charge < -0.3 is 20.4 Å². The maximum absolute atomic E-state index is 12.2. The van der Waals surface area contributed by atoms with Gasteiger partial charge in [-0.05, 0) is 37.0 Å². The third-order valence-electron chi connectivity index (χ3n) is 3.66. The summed E-state index contributed by atoms with van der Waals surface area (Å²) in [5.41, 5.74) is 1.31. The van der Waals surface area contributed by atoms with Crippen molar-refractivity contribution in [3.05, 3.63) is 29.8 Å². The molecule has 21 heavy (non-hydrogen) atoms. The number of carboxylic acid groups (broad SMARTS) is 1. The number of anilines is 1. The van der Waals surface area contributed by atoms with Crippen molar-refractivity contribution in [2.24, 2.45) is 0 Å². The molecule has 114 valence electrons. The maximum Gasteiger partial charge on any atom is 0.322 e. The Morgan fingerprint density at radius 1 is 1.24 bits per heavy atom. The molecule has 1 saturated heterocycles. The fourth-order valence-electron chi connectivity index (χ4n) is 2.53. The Labute approximate surface area is 123 Å². The molecule has 1 aliphatic rings. The van der Waals surface area contributed by atoms with Crippen LogP contribution in [0.5, 0.6) is 0 Å². The highest BCUT2D eigenvalue weighted by Crippen LogP contribution is 2.18. The lowest BCUT2D eigenvalue weighted by Gasteiger charge is -2.34. The molecule has 1 unspecified atom stereocenters. The van der Waals surface area contributed by atoms with Gasteiger partial charge in [-0.25, -0.2) is 4.79 Å². The summed E-state index contributed by atoms with van der Waals surface area (Å²) in [6.07, 6.45) is 2.76. The molecule has 1 fully saturated rings. The highest BCUT2D eigenvalue weighted by atomic mass is 16.4. The number of aliphatic hydroxyl groups excluding tert-OH is 1. The number of aliphatic carboxylic acids is 1. The number of nitrogens with one attached hydrogen (secondary N) is 1. The fourth-order valence-corrected chi connectivity index (χ4v) is 2.53. The van der Waals surface area contributed by atoms with Gasteiger partial charge in [0.25, 0.3) is 0 Å². The number of rotatable bonds is 4. The molecule has 1 aliphatic heterocycles. The molecule has 1 heterocycles. The van der Waals surface area contributed by atoms with E-state index < -0.39 is 5.97 Å². The number of amides is 2. The van der Waals surface area contributed by atoms with Crippen LogP contribution in [0.1, 0.15) is 24.8 Å². The van der Waals surface area contributed by atoms with E-state index in [1.807, 2.05) is 0 Å². The van der Waals surface area contributed by atoms with Crippen molar-refractivity contribution in [1.29, 1.82) is 0 Å². The zero-order valence-electron chi connectivity index (χ0n) is 11.8. The molecule has 6 heteroatoms. The molecule has 0 bridgehead atoms. The first kappa shape index (κ1) is 15.3. The molecule has 1 aromatic rings. The van der Waals surface area contributed by atoms with E-state index >= 15 is 0 Å². The van der Waals surface area contributed by atoms with Crippen LogP contribution in [0, 0.1) is 0 Å². The van der Waals surface area contributed by atoms with Crippen LogP contribution in [0.25, 0.3) is 0 Å². The van der Waals surface area contributed by atoms with Gasteiger partial charge in [-0.2, -0.15) is 0 Å². The molecule has 0 spiro atoms. The molecule has 2 rings (SSSR count).